The highest BCUT2D eigenvalue weighted by atomic mass is 35.5. The fourth-order valence-electron chi connectivity index (χ4n) is 21.3. The Morgan fingerprint density at radius 2 is 0.669 bits per heavy atom. The van der Waals surface area contributed by atoms with E-state index in [0.29, 0.717) is 156 Å². The maximum Gasteiger partial charge on any atom is 0.352 e. The molecule has 810 valence electrons. The number of nitrogens with zero attached hydrogens (tertiary/aromatic N) is 1. The summed E-state index contributed by atoms with van der Waals surface area (Å²) in [6, 6.07) is 4.24. The second-order valence-electron chi connectivity index (χ2n) is 42.9. The quantitative estimate of drug-likeness (QED) is 0.0125. The van der Waals surface area contributed by atoms with Gasteiger partial charge in [-0.1, -0.05) is 71.1 Å². The molecule has 4 aromatic heterocycles. The van der Waals surface area contributed by atoms with Crippen molar-refractivity contribution in [2.45, 2.75) is 325 Å². The first-order valence-electron chi connectivity index (χ1n) is 53.7. The smallest absolute Gasteiger partial charge is 0.352 e. The number of nitrogens with two attached hydrogens (primary N) is 2. The summed E-state index contributed by atoms with van der Waals surface area (Å²) in [5, 5.41) is 48.4. The number of aromatic nitrogens is 4. The van der Waals surface area contributed by atoms with E-state index in [4.69, 9.17) is 30.8 Å². The molecule has 20 N–H and O–H groups in total. The number of ether oxygens (including phenoxy) is 3. The molecule has 18 rings (SSSR count). The van der Waals surface area contributed by atoms with Gasteiger partial charge in [-0.3, -0.25) is 67.1 Å². The Labute approximate surface area is 869 Å². The Bertz CT molecular complexity index is 5250. The summed E-state index contributed by atoms with van der Waals surface area (Å²) in [6.07, 6.45) is 36.1. The lowest BCUT2D eigenvalue weighted by Gasteiger charge is -2.22. The number of primary amides is 1. The Kier molecular flexibility index (Phi) is 42.8. The van der Waals surface area contributed by atoms with Gasteiger partial charge in [0.05, 0.1) is 44.8 Å². The van der Waals surface area contributed by atoms with Gasteiger partial charge in [-0.25, -0.2) is 19.2 Å². The van der Waals surface area contributed by atoms with Crippen molar-refractivity contribution in [2.24, 2.45) is 88.4 Å². The van der Waals surface area contributed by atoms with E-state index in [1.54, 1.807) is 6.07 Å². The average Bonchev–Trinajstić information content (AvgIpc) is 1.68. The Morgan fingerprint density at radius 3 is 1.01 bits per heavy atom. The number of aromatic carboxylic acids is 1. The lowest BCUT2D eigenvalue weighted by atomic mass is 9.92. The number of Topliss-reactive ketones (excluding diaryl/α,β-unsaturated/α-hetero) is 2. The fourth-order valence-corrected chi connectivity index (χ4v) is 21.3. The highest BCUT2D eigenvalue weighted by Crippen LogP contribution is 2.41. The van der Waals surface area contributed by atoms with E-state index in [0.717, 1.165) is 170 Å². The number of carboxylic acid groups (broad SMARTS) is 1. The zero-order valence-electron chi connectivity index (χ0n) is 85.8. The molecule has 41 heteroatoms. The lowest BCUT2D eigenvalue weighted by molar-refractivity contribution is -0.146. The number of hydrogen-bond acceptors (Lipinski definition) is 23. The monoisotopic (exact) mass is 2080 g/mol. The summed E-state index contributed by atoms with van der Waals surface area (Å²) >= 11 is 0. The van der Waals surface area contributed by atoms with Crippen LogP contribution in [0.4, 0.5) is 0 Å². The fraction of sp³-hybridized carbons (Fsp3) is 0.673. The predicted molar refractivity (Wildman–Crippen MR) is 543 cm³/mol. The number of hydrogen-bond donors (Lipinski definition) is 18. The molecule has 0 spiro atoms. The molecule has 0 unspecified atom stereocenters. The minimum atomic E-state index is -0.907. The summed E-state index contributed by atoms with van der Waals surface area (Å²) in [5.41, 5.74) is 22.7. The third-order valence-electron chi connectivity index (χ3n) is 31.1. The van der Waals surface area contributed by atoms with Crippen LogP contribution < -0.4 is 70.0 Å². The third-order valence-corrected chi connectivity index (χ3v) is 31.1. The van der Waals surface area contributed by atoms with Crippen LogP contribution in [0.15, 0.2) is 24.3 Å². The van der Waals surface area contributed by atoms with Crippen molar-refractivity contribution in [1.82, 2.24) is 78.4 Å². The Morgan fingerprint density at radius 1 is 0.365 bits per heavy atom. The second-order valence-corrected chi connectivity index (χ2v) is 42.9. The molecule has 9 heterocycles. The minimum Gasteiger partial charge on any atom is -0.477 e. The average molecular weight is 2080 g/mol. The number of carbonyl (C=O) groups excluding carboxylic acids is 17. The maximum atomic E-state index is 13.2. The van der Waals surface area contributed by atoms with Gasteiger partial charge in [-0.05, 0) is 275 Å². The normalized spacial score (nSPS) is 22.1. The van der Waals surface area contributed by atoms with Gasteiger partial charge in [0.1, 0.15) is 47.6 Å². The first-order chi connectivity index (χ1) is 70.7. The van der Waals surface area contributed by atoms with Gasteiger partial charge < -0.3 is 109 Å². The minimum absolute atomic E-state index is 0. The van der Waals surface area contributed by atoms with Gasteiger partial charge in [0.2, 0.25) is 65.0 Å². The van der Waals surface area contributed by atoms with Gasteiger partial charge in [0, 0.05) is 116 Å². The number of H-pyrrole nitrogens is 4. The number of aromatic amines is 4. The van der Waals surface area contributed by atoms with Gasteiger partial charge in [-0.15, -0.1) is 12.4 Å². The Balaban J connectivity index is 0.000000161. The summed E-state index contributed by atoms with van der Waals surface area (Å²) in [5.74, 6) is -5.38. The standard InChI is InChI=1S/C24H33N3O5.C23H32N4O4.C22H29N5O3.C15H24N2O4.C14H23N3O4.C9H11NO2.ClH/c1-32-24(31)20(12-16-8-9-25-22(16)29)27-23(30)17(10-14-6-7-14)13-21(28)19-11-15-4-2-3-5-18(15)26-19;24-21(29)19(11-15-7-8-25-22(15)30)27-23(31)16(9-13-5-6-13)12-20(28)18-10-14-3-1-2-4-17(14)26-18;23-12-16(10-15-7-8-24-20(15)28)25-21(29)18(9-13-5-6-13)27-22(30)19-11-14-3-1-2-4-17(14)26-19;1-9(7-10-3-4-10)13(18)17-12(15(20)21-2)8-11-5-6-16-14(11)19;1-21-14(20)11(7-9-4-5-16-12(9)18)17-13(19)10(15)6-8-2-3-8;11-9(12)8-5-6-3-1-2-4-7(6)10-8;/h11,14,16-17,20,26H,2-10,12-13H2,1H3,(H,25,29)(H,27,30);10,13,15-16,19,26H,1-9,11-12H2,(H2,24,29)(H,25,30)(H,27,31);11,13,15-16,18,26H,1-10H2,(H,24,28)(H,25,29)(H,27,30);9-12H,3-8H2,1-2H3,(H,16,19)(H,17,18);8-11H,2-7,15H2,1H3,(H,16,18)(H,17,19);5,10H,1-4H2,(H,11,12);1H/t16-,17+,20-;15-,16+,19-;15-,16-,18-;9-,11-,12-;9-,10-,11-;;/m00000../s1. The summed E-state index contributed by atoms with van der Waals surface area (Å²) < 4.78 is 14.3. The van der Waals surface area contributed by atoms with E-state index in [1.165, 1.54) is 69.3 Å². The number of fused-ring (bicyclic) bond motifs is 4. The van der Waals surface area contributed by atoms with Crippen LogP contribution in [-0.4, -0.2) is 228 Å². The molecule has 14 aliphatic rings. The predicted octanol–water partition coefficient (Wildman–Crippen LogP) is 6.69. The zero-order chi connectivity index (χ0) is 105. The van der Waals surface area contributed by atoms with E-state index in [1.807, 2.05) is 25.1 Å². The molecule has 0 aromatic carbocycles. The van der Waals surface area contributed by atoms with Crippen molar-refractivity contribution in [1.29, 1.82) is 5.26 Å². The first-order valence-corrected chi connectivity index (χ1v) is 53.7. The van der Waals surface area contributed by atoms with Crippen LogP contribution in [0.3, 0.4) is 0 Å². The van der Waals surface area contributed by atoms with Crippen molar-refractivity contribution >= 4 is 119 Å². The molecule has 10 fully saturated rings. The molecular weight excluding hydrogens is 1920 g/mol. The van der Waals surface area contributed by atoms with Crippen LogP contribution in [0.25, 0.3) is 0 Å². The van der Waals surface area contributed by atoms with Gasteiger partial charge in [0.15, 0.2) is 11.6 Å². The number of rotatable bonds is 43. The van der Waals surface area contributed by atoms with E-state index in [9.17, 15) is 91.6 Å². The summed E-state index contributed by atoms with van der Waals surface area (Å²) in [7, 11) is 3.83. The summed E-state index contributed by atoms with van der Waals surface area (Å²) in [6.45, 7) is 4.86. The molecule has 148 heavy (non-hydrogen) atoms. The van der Waals surface area contributed by atoms with E-state index >= 15 is 0 Å². The molecule has 5 saturated carbocycles. The number of ketones is 2. The van der Waals surface area contributed by atoms with E-state index in [-0.39, 0.29) is 157 Å². The molecule has 0 bridgehead atoms. The molecule has 5 aliphatic heterocycles. The number of aryl methyl sites for hydroxylation is 8. The number of methoxy groups -OCH3 is 3. The molecule has 15 atom stereocenters. The van der Waals surface area contributed by atoms with Gasteiger partial charge in [-0.2, -0.15) is 5.26 Å². The number of amides is 12. The SMILES string of the molecule is COC(=O)[C@H](C[C@@H]1CCNC1=O)NC(=O)[C@@H](C)CC1CC1.COC(=O)[C@H](C[C@@H]1CCNC1=O)NC(=O)[C@@H](CC(=O)c1cc2c([nH]1)CCCC2)CC1CC1.COC(=O)[C@H](C[C@@H]1CCNC1=O)NC(=O)[C@@H](N)CC1CC1.Cl.N#C[C@H](C[C@@H]1CCNC1=O)NC(=O)[C@H](CC1CC1)NC(=O)c1cc2c([nH]1)CCCC2.NC(=O)[C@H](C[C@@H]1CCNC1=O)NC(=O)[C@@H](CC(=O)c1cc2c([nH]1)CCCC2)CC1CC1.O=C(O)c1cc2c([nH]1)CCCC2. The molecule has 5 saturated heterocycles. The van der Waals surface area contributed by atoms with Crippen molar-refractivity contribution < 1.29 is 106 Å². The van der Waals surface area contributed by atoms with Crippen LogP contribution in [0, 0.1) is 88.3 Å². The van der Waals surface area contributed by atoms with Crippen LogP contribution in [-0.2, 0) is 133 Å². The van der Waals surface area contributed by atoms with Gasteiger partial charge >= 0.3 is 23.9 Å². The van der Waals surface area contributed by atoms with E-state index < -0.39 is 83.9 Å². The Hall–Kier alpha value is -12.3. The molecule has 40 nitrogen and oxygen atoms in total. The summed E-state index contributed by atoms with van der Waals surface area (Å²) in [4.78, 5) is 232. The topological polar surface area (TPSA) is 626 Å². The lowest BCUT2D eigenvalue weighted by Crippen LogP contribution is -2.50. The molecule has 4 aromatic rings. The van der Waals surface area contributed by atoms with Gasteiger partial charge in [0.25, 0.3) is 5.91 Å². The van der Waals surface area contributed by atoms with Crippen molar-refractivity contribution in [3.05, 3.63) is 92.1 Å². The van der Waals surface area contributed by atoms with Crippen molar-refractivity contribution in [3.8, 4) is 6.07 Å². The number of esters is 3. The molecular formula is C107H153ClN18O22. The number of halogens is 1. The second kappa shape index (κ2) is 55.3. The highest BCUT2D eigenvalue weighted by molar-refractivity contribution is 6.01. The van der Waals surface area contributed by atoms with E-state index in [2.05, 4.69) is 84.5 Å². The molecule has 12 amide bonds. The number of nitrogens with one attached hydrogen (secondary N) is 15. The highest BCUT2D eigenvalue weighted by Gasteiger charge is 2.43. The van der Waals surface area contributed by atoms with Crippen LogP contribution >= 0.6 is 12.4 Å². The van der Waals surface area contributed by atoms with Crippen molar-refractivity contribution in [3.63, 3.8) is 0 Å². The first kappa shape index (κ1) is 114. The van der Waals surface area contributed by atoms with Crippen LogP contribution in [0.2, 0.25) is 0 Å². The zero-order valence-corrected chi connectivity index (χ0v) is 86.6. The number of carbonyl (C=O) groups is 18. The van der Waals surface area contributed by atoms with Crippen LogP contribution in [0.1, 0.15) is 319 Å². The van der Waals surface area contributed by atoms with Crippen LogP contribution in [0.5, 0.6) is 0 Å². The number of nitriles is 1. The maximum absolute atomic E-state index is 13.2. The third kappa shape index (κ3) is 34.7. The molecule has 0 radical (unpaired) electrons. The van der Waals surface area contributed by atoms with Crippen molar-refractivity contribution in [2.75, 3.05) is 54.1 Å². The number of carboxylic acids is 1. The molecule has 9 aliphatic carbocycles. The largest absolute Gasteiger partial charge is 0.477 e.